The van der Waals surface area contributed by atoms with Crippen molar-refractivity contribution in [3.05, 3.63) is 95.6 Å². The third-order valence-corrected chi connectivity index (χ3v) is 5.16. The van der Waals surface area contributed by atoms with Crippen molar-refractivity contribution in [1.82, 2.24) is 4.90 Å². The van der Waals surface area contributed by atoms with E-state index in [1.165, 1.54) is 0 Å². The first-order chi connectivity index (χ1) is 14.2. The summed E-state index contributed by atoms with van der Waals surface area (Å²) in [6, 6.07) is 24.1. The number of hydrogen-bond donors (Lipinski definition) is 1. The molecule has 1 atom stereocenters. The number of benzene rings is 3. The number of para-hydroxylation sites is 1. The van der Waals surface area contributed by atoms with Crippen molar-refractivity contribution in [2.45, 2.75) is 19.0 Å². The lowest BCUT2D eigenvalue weighted by Gasteiger charge is -2.28. The predicted molar refractivity (Wildman–Crippen MR) is 112 cm³/mol. The second-order valence-corrected chi connectivity index (χ2v) is 7.00. The van der Waals surface area contributed by atoms with E-state index in [0.717, 1.165) is 22.6 Å². The van der Waals surface area contributed by atoms with Crippen molar-refractivity contribution >= 4 is 17.5 Å². The van der Waals surface area contributed by atoms with Crippen LogP contribution in [0.2, 0.25) is 0 Å². The summed E-state index contributed by atoms with van der Waals surface area (Å²) in [5, 5.41) is 2.92. The van der Waals surface area contributed by atoms with Crippen molar-refractivity contribution < 1.29 is 14.3 Å². The summed E-state index contributed by atoms with van der Waals surface area (Å²) >= 11 is 0. The number of nitrogens with one attached hydrogen (secondary N) is 1. The highest BCUT2D eigenvalue weighted by Gasteiger charge is 2.34. The zero-order chi connectivity index (χ0) is 20.2. The van der Waals surface area contributed by atoms with Crippen LogP contribution in [0.15, 0.2) is 78.9 Å². The summed E-state index contributed by atoms with van der Waals surface area (Å²) in [5.74, 6) is 0.548. The maximum absolute atomic E-state index is 13.0. The van der Waals surface area contributed by atoms with Gasteiger partial charge < -0.3 is 15.0 Å². The fourth-order valence-corrected chi connectivity index (χ4v) is 3.67. The van der Waals surface area contributed by atoms with Crippen LogP contribution < -0.4 is 10.1 Å². The van der Waals surface area contributed by atoms with Crippen LogP contribution in [0.3, 0.4) is 0 Å². The van der Waals surface area contributed by atoms with Crippen LogP contribution in [0.1, 0.15) is 33.9 Å². The Morgan fingerprint density at radius 3 is 2.38 bits per heavy atom. The van der Waals surface area contributed by atoms with Crippen LogP contribution >= 0.6 is 0 Å². The lowest BCUT2D eigenvalue weighted by Crippen LogP contribution is -2.32. The molecular formula is C24H22N2O3. The highest BCUT2D eigenvalue weighted by atomic mass is 16.5. The molecule has 1 aliphatic heterocycles. The van der Waals surface area contributed by atoms with Gasteiger partial charge >= 0.3 is 0 Å². The molecule has 0 aliphatic carbocycles. The minimum absolute atomic E-state index is 0.0473. The molecule has 29 heavy (non-hydrogen) atoms. The quantitative estimate of drug-likeness (QED) is 0.682. The normalized spacial score (nSPS) is 13.7. The first-order valence-electron chi connectivity index (χ1n) is 9.53. The summed E-state index contributed by atoms with van der Waals surface area (Å²) in [6.45, 7) is 0.490. The van der Waals surface area contributed by atoms with Crippen LogP contribution in [0.4, 0.5) is 5.69 Å². The Morgan fingerprint density at radius 1 is 1.00 bits per heavy atom. The van der Waals surface area contributed by atoms with E-state index in [0.29, 0.717) is 12.1 Å². The van der Waals surface area contributed by atoms with Crippen LogP contribution in [0, 0.1) is 0 Å². The maximum atomic E-state index is 13.0. The van der Waals surface area contributed by atoms with Gasteiger partial charge in [-0.25, -0.2) is 0 Å². The number of anilines is 1. The average Bonchev–Trinajstić information content (AvgIpc) is 3.09. The highest BCUT2D eigenvalue weighted by molar-refractivity contribution is 5.99. The van der Waals surface area contributed by atoms with Gasteiger partial charge in [-0.3, -0.25) is 9.59 Å². The lowest BCUT2D eigenvalue weighted by atomic mass is 10.0. The first kappa shape index (κ1) is 18.7. The number of methoxy groups -OCH3 is 1. The van der Waals surface area contributed by atoms with Crippen LogP contribution in [0.25, 0.3) is 0 Å². The Balaban J connectivity index is 1.61. The van der Waals surface area contributed by atoms with Gasteiger partial charge in [0.25, 0.3) is 5.91 Å². The first-order valence-corrected chi connectivity index (χ1v) is 9.53. The van der Waals surface area contributed by atoms with Gasteiger partial charge in [0.1, 0.15) is 5.75 Å². The number of nitrogens with zero attached hydrogens (tertiary/aromatic N) is 1. The van der Waals surface area contributed by atoms with Gasteiger partial charge in [0, 0.05) is 17.8 Å². The smallest absolute Gasteiger partial charge is 0.255 e. The number of amides is 2. The molecule has 5 nitrogen and oxygen atoms in total. The lowest BCUT2D eigenvalue weighted by molar-refractivity contribution is -0.117. The van der Waals surface area contributed by atoms with E-state index >= 15 is 0 Å². The summed E-state index contributed by atoms with van der Waals surface area (Å²) in [5.41, 5.74) is 3.33. The standard InChI is InChI=1S/C24H22N2O3/c1-29-20-13-11-17(12-14-20)22(15-23(27)25-19-8-3-2-4-9-19)26-16-18-7-5-6-10-21(18)24(26)28/h2-14,22H,15-16H2,1H3,(H,25,27)/t22-/m1/s1. The third-order valence-electron chi connectivity index (χ3n) is 5.16. The molecule has 146 valence electrons. The molecule has 5 heteroatoms. The summed E-state index contributed by atoms with van der Waals surface area (Å²) < 4.78 is 5.25. The van der Waals surface area contributed by atoms with E-state index in [2.05, 4.69) is 5.32 Å². The number of ether oxygens (including phenoxy) is 1. The minimum Gasteiger partial charge on any atom is -0.497 e. The van der Waals surface area contributed by atoms with Gasteiger partial charge in [0.15, 0.2) is 0 Å². The number of fused-ring (bicyclic) bond motifs is 1. The van der Waals surface area contributed by atoms with Crippen molar-refractivity contribution in [2.24, 2.45) is 0 Å². The van der Waals surface area contributed by atoms with Crippen LogP contribution in [-0.4, -0.2) is 23.8 Å². The number of hydrogen-bond acceptors (Lipinski definition) is 3. The molecule has 3 aromatic rings. The van der Waals surface area contributed by atoms with Gasteiger partial charge in [-0.05, 0) is 41.5 Å². The SMILES string of the molecule is COc1ccc([C@@H](CC(=O)Nc2ccccc2)N2Cc3ccccc3C2=O)cc1. The Morgan fingerprint density at radius 2 is 1.69 bits per heavy atom. The average molecular weight is 386 g/mol. The van der Waals surface area contributed by atoms with Gasteiger partial charge in [-0.15, -0.1) is 0 Å². The molecule has 0 aromatic heterocycles. The number of carbonyl (C=O) groups is 2. The van der Waals surface area contributed by atoms with E-state index < -0.39 is 0 Å². The molecule has 0 spiro atoms. The topological polar surface area (TPSA) is 58.6 Å². The highest BCUT2D eigenvalue weighted by Crippen LogP contribution is 2.34. The number of rotatable bonds is 6. The van der Waals surface area contributed by atoms with E-state index in [4.69, 9.17) is 4.74 Å². The molecule has 0 unspecified atom stereocenters. The molecule has 2 amide bonds. The molecule has 0 bridgehead atoms. The zero-order valence-electron chi connectivity index (χ0n) is 16.2. The zero-order valence-corrected chi connectivity index (χ0v) is 16.2. The van der Waals surface area contributed by atoms with Gasteiger partial charge in [-0.1, -0.05) is 48.5 Å². The number of carbonyl (C=O) groups excluding carboxylic acids is 2. The molecule has 1 aliphatic rings. The molecule has 4 rings (SSSR count). The molecule has 0 radical (unpaired) electrons. The predicted octanol–water partition coefficient (Wildman–Crippen LogP) is 4.42. The summed E-state index contributed by atoms with van der Waals surface area (Å²) in [6.07, 6.45) is 0.168. The Hall–Kier alpha value is -3.60. The molecule has 0 fully saturated rings. The van der Waals surface area contributed by atoms with Gasteiger partial charge in [0.05, 0.1) is 19.6 Å². The molecular weight excluding hydrogens is 364 g/mol. The van der Waals surface area contributed by atoms with Crippen molar-refractivity contribution in [1.29, 1.82) is 0 Å². The fraction of sp³-hybridized carbons (Fsp3) is 0.167. The molecule has 0 saturated heterocycles. The Bertz CT molecular complexity index is 1020. The monoisotopic (exact) mass is 386 g/mol. The van der Waals surface area contributed by atoms with Crippen molar-refractivity contribution in [3.63, 3.8) is 0 Å². The second-order valence-electron chi connectivity index (χ2n) is 7.00. The largest absolute Gasteiger partial charge is 0.497 e. The molecule has 3 aromatic carbocycles. The Labute approximate surface area is 169 Å². The van der Waals surface area contributed by atoms with Gasteiger partial charge in [0.2, 0.25) is 5.91 Å². The minimum atomic E-state index is -0.371. The molecule has 1 heterocycles. The van der Waals surface area contributed by atoms with Gasteiger partial charge in [-0.2, -0.15) is 0 Å². The summed E-state index contributed by atoms with van der Waals surface area (Å²) in [7, 11) is 1.61. The van der Waals surface area contributed by atoms with Crippen molar-refractivity contribution in [3.8, 4) is 5.75 Å². The van der Waals surface area contributed by atoms with E-state index in [1.807, 2.05) is 78.9 Å². The van der Waals surface area contributed by atoms with E-state index in [-0.39, 0.29) is 24.3 Å². The molecule has 0 saturated carbocycles. The maximum Gasteiger partial charge on any atom is 0.255 e. The fourth-order valence-electron chi connectivity index (χ4n) is 3.67. The van der Waals surface area contributed by atoms with E-state index in [1.54, 1.807) is 12.0 Å². The summed E-state index contributed by atoms with van der Waals surface area (Å²) in [4.78, 5) is 27.6. The Kier molecular flexibility index (Phi) is 5.29. The molecule has 1 N–H and O–H groups in total. The third kappa shape index (κ3) is 3.99. The van der Waals surface area contributed by atoms with Crippen LogP contribution in [0.5, 0.6) is 5.75 Å². The van der Waals surface area contributed by atoms with E-state index in [9.17, 15) is 9.59 Å². The second kappa shape index (κ2) is 8.19. The van der Waals surface area contributed by atoms with Crippen LogP contribution in [-0.2, 0) is 11.3 Å². The van der Waals surface area contributed by atoms with Crippen molar-refractivity contribution in [2.75, 3.05) is 12.4 Å².